The van der Waals surface area contributed by atoms with E-state index in [1.807, 2.05) is 50.5 Å². The predicted molar refractivity (Wildman–Crippen MR) is 130 cm³/mol. The van der Waals surface area contributed by atoms with Gasteiger partial charge in [-0.15, -0.1) is 10.2 Å². The van der Waals surface area contributed by atoms with Gasteiger partial charge in [-0.25, -0.2) is 0 Å². The highest BCUT2D eigenvalue weighted by atomic mass is 32.2. The standard InChI is InChI=1S/C24H28N6O2S/c1-4-19(28(2)3)23-26-27-24(30(23)14-17-10-6-5-7-11-17)33-16-22(32)29-15-21(31)25-18-12-8-9-13-20(18)29/h5-13,19H,4,14-16H2,1-3H3,(H,25,31)/t19-/m0/s1. The number of carbonyl (C=O) groups is 2. The Labute approximate surface area is 198 Å². The van der Waals surface area contributed by atoms with Gasteiger partial charge in [-0.05, 0) is 38.2 Å². The molecule has 8 nitrogen and oxygen atoms in total. The minimum atomic E-state index is -0.196. The van der Waals surface area contributed by atoms with Gasteiger partial charge in [0.25, 0.3) is 0 Å². The summed E-state index contributed by atoms with van der Waals surface area (Å²) in [6.07, 6.45) is 0.892. The van der Waals surface area contributed by atoms with Crippen molar-refractivity contribution in [3.05, 3.63) is 66.0 Å². The fourth-order valence-corrected chi connectivity index (χ4v) is 4.83. The highest BCUT2D eigenvalue weighted by Gasteiger charge is 2.28. The quantitative estimate of drug-likeness (QED) is 0.515. The Kier molecular flexibility index (Phi) is 7.10. The van der Waals surface area contributed by atoms with Crippen LogP contribution < -0.4 is 10.2 Å². The first-order chi connectivity index (χ1) is 16.0. The van der Waals surface area contributed by atoms with Gasteiger partial charge in [0.15, 0.2) is 11.0 Å². The van der Waals surface area contributed by atoms with Crippen LogP contribution in [0.25, 0.3) is 0 Å². The van der Waals surface area contributed by atoms with Gasteiger partial charge >= 0.3 is 0 Å². The van der Waals surface area contributed by atoms with Crippen molar-refractivity contribution in [3.8, 4) is 0 Å². The molecule has 172 valence electrons. The molecule has 1 atom stereocenters. The number of amides is 2. The zero-order chi connectivity index (χ0) is 23.4. The minimum absolute atomic E-state index is 0.0108. The van der Waals surface area contributed by atoms with Crippen molar-refractivity contribution < 1.29 is 9.59 Å². The first-order valence-corrected chi connectivity index (χ1v) is 11.9. The number of aromatic nitrogens is 3. The van der Waals surface area contributed by atoms with Crippen LogP contribution >= 0.6 is 11.8 Å². The lowest BCUT2D eigenvalue weighted by atomic mass is 10.2. The number of hydrogen-bond acceptors (Lipinski definition) is 6. The van der Waals surface area contributed by atoms with Crippen LogP contribution in [0, 0.1) is 0 Å². The minimum Gasteiger partial charge on any atom is -0.323 e. The third-order valence-corrected chi connectivity index (χ3v) is 6.59. The van der Waals surface area contributed by atoms with Crippen LogP contribution in [0.15, 0.2) is 59.8 Å². The van der Waals surface area contributed by atoms with E-state index in [-0.39, 0.29) is 30.2 Å². The molecular weight excluding hydrogens is 436 g/mol. The molecule has 9 heteroatoms. The van der Waals surface area contributed by atoms with E-state index in [0.717, 1.165) is 17.8 Å². The van der Waals surface area contributed by atoms with E-state index < -0.39 is 0 Å². The molecule has 0 fully saturated rings. The molecular formula is C24H28N6O2S. The molecule has 1 N–H and O–H groups in total. The molecule has 0 unspecified atom stereocenters. The summed E-state index contributed by atoms with van der Waals surface area (Å²) in [5.41, 5.74) is 2.51. The number of carbonyl (C=O) groups excluding carboxylic acids is 2. The third kappa shape index (κ3) is 5.09. The molecule has 0 saturated heterocycles. The average molecular weight is 465 g/mol. The molecule has 33 heavy (non-hydrogen) atoms. The fraction of sp³-hybridized carbons (Fsp3) is 0.333. The molecule has 4 rings (SSSR count). The van der Waals surface area contributed by atoms with Gasteiger partial charge in [-0.3, -0.25) is 14.5 Å². The molecule has 2 aromatic carbocycles. The summed E-state index contributed by atoms with van der Waals surface area (Å²) in [4.78, 5) is 28.9. The van der Waals surface area contributed by atoms with Crippen LogP contribution in [0.4, 0.5) is 11.4 Å². The normalized spacial score (nSPS) is 14.2. The summed E-state index contributed by atoms with van der Waals surface area (Å²) in [7, 11) is 4.07. The maximum atomic E-state index is 13.1. The number of nitrogens with zero attached hydrogens (tertiary/aromatic N) is 5. The van der Waals surface area contributed by atoms with Gasteiger partial charge in [0, 0.05) is 0 Å². The van der Waals surface area contributed by atoms with E-state index in [2.05, 4.69) is 44.0 Å². The topological polar surface area (TPSA) is 83.4 Å². The van der Waals surface area contributed by atoms with Gasteiger partial charge < -0.3 is 14.8 Å². The molecule has 0 radical (unpaired) electrons. The van der Waals surface area contributed by atoms with Crippen molar-refractivity contribution in [2.45, 2.75) is 31.1 Å². The van der Waals surface area contributed by atoms with Gasteiger partial charge in [0.2, 0.25) is 11.8 Å². The molecule has 1 aliphatic heterocycles. The lowest BCUT2D eigenvalue weighted by Gasteiger charge is -2.29. The highest BCUT2D eigenvalue weighted by Crippen LogP contribution is 2.31. The third-order valence-electron chi connectivity index (χ3n) is 5.63. The number of anilines is 2. The van der Waals surface area contributed by atoms with E-state index in [0.29, 0.717) is 23.1 Å². The molecule has 3 aromatic rings. The van der Waals surface area contributed by atoms with Crippen molar-refractivity contribution in [2.24, 2.45) is 0 Å². The zero-order valence-electron chi connectivity index (χ0n) is 19.1. The van der Waals surface area contributed by atoms with E-state index in [4.69, 9.17) is 0 Å². The Hall–Kier alpha value is -3.17. The van der Waals surface area contributed by atoms with E-state index in [9.17, 15) is 9.59 Å². The molecule has 2 amide bonds. The summed E-state index contributed by atoms with van der Waals surface area (Å²) >= 11 is 1.35. The average Bonchev–Trinajstić information content (AvgIpc) is 3.19. The van der Waals surface area contributed by atoms with Crippen molar-refractivity contribution in [1.82, 2.24) is 19.7 Å². The van der Waals surface area contributed by atoms with Crippen LogP contribution in [-0.4, -0.2) is 57.9 Å². The lowest BCUT2D eigenvalue weighted by Crippen LogP contribution is -2.43. The number of rotatable bonds is 8. The molecule has 1 aromatic heterocycles. The summed E-state index contributed by atoms with van der Waals surface area (Å²) < 4.78 is 2.10. The summed E-state index contributed by atoms with van der Waals surface area (Å²) in [6, 6.07) is 17.6. The van der Waals surface area contributed by atoms with Crippen LogP contribution in [0.3, 0.4) is 0 Å². The lowest BCUT2D eigenvalue weighted by molar-refractivity contribution is -0.120. The van der Waals surface area contributed by atoms with Crippen molar-refractivity contribution in [2.75, 3.05) is 36.6 Å². The Morgan fingerprint density at radius 2 is 1.85 bits per heavy atom. The monoisotopic (exact) mass is 464 g/mol. The van der Waals surface area contributed by atoms with Crippen molar-refractivity contribution in [3.63, 3.8) is 0 Å². The maximum absolute atomic E-state index is 13.1. The fourth-order valence-electron chi connectivity index (χ4n) is 4.01. The zero-order valence-corrected chi connectivity index (χ0v) is 19.9. The van der Waals surface area contributed by atoms with Crippen LogP contribution in [-0.2, 0) is 16.1 Å². The maximum Gasteiger partial charge on any atom is 0.244 e. The Morgan fingerprint density at radius 1 is 1.12 bits per heavy atom. The molecule has 0 bridgehead atoms. The first kappa shape index (κ1) is 23.0. The van der Waals surface area contributed by atoms with Crippen LogP contribution in [0.5, 0.6) is 0 Å². The second-order valence-electron chi connectivity index (χ2n) is 8.13. The molecule has 0 saturated carbocycles. The second-order valence-corrected chi connectivity index (χ2v) is 9.08. The SMILES string of the molecule is CC[C@@H](c1nnc(SCC(=O)N2CC(=O)Nc3ccccc32)n1Cc1ccccc1)N(C)C. The molecule has 0 aliphatic carbocycles. The van der Waals surface area contributed by atoms with Gasteiger partial charge in [0.1, 0.15) is 6.54 Å². The first-order valence-electron chi connectivity index (χ1n) is 10.9. The van der Waals surface area contributed by atoms with E-state index in [1.54, 1.807) is 6.07 Å². The number of hydrogen-bond donors (Lipinski definition) is 1. The van der Waals surface area contributed by atoms with Gasteiger partial charge in [-0.1, -0.05) is 61.2 Å². The number of fused-ring (bicyclic) bond motifs is 1. The van der Waals surface area contributed by atoms with Crippen molar-refractivity contribution >= 4 is 35.0 Å². The Balaban J connectivity index is 1.57. The molecule has 1 aliphatic rings. The smallest absolute Gasteiger partial charge is 0.244 e. The van der Waals surface area contributed by atoms with E-state index in [1.165, 1.54) is 16.7 Å². The predicted octanol–water partition coefficient (Wildman–Crippen LogP) is 3.42. The Bertz CT molecular complexity index is 1130. The largest absolute Gasteiger partial charge is 0.323 e. The Morgan fingerprint density at radius 3 is 2.58 bits per heavy atom. The van der Waals surface area contributed by atoms with E-state index >= 15 is 0 Å². The van der Waals surface area contributed by atoms with Crippen molar-refractivity contribution in [1.29, 1.82) is 0 Å². The highest BCUT2D eigenvalue weighted by molar-refractivity contribution is 7.99. The number of nitrogens with one attached hydrogen (secondary N) is 1. The number of thioether (sulfide) groups is 1. The molecule has 2 heterocycles. The van der Waals surface area contributed by atoms with Crippen LogP contribution in [0.2, 0.25) is 0 Å². The second kappa shape index (κ2) is 10.2. The number of para-hydroxylation sites is 2. The summed E-state index contributed by atoms with van der Waals surface area (Å²) in [5, 5.41) is 12.5. The molecule has 0 spiro atoms. The van der Waals surface area contributed by atoms with Gasteiger partial charge in [0.05, 0.1) is 29.7 Å². The summed E-state index contributed by atoms with van der Waals surface area (Å²) in [5.74, 6) is 0.702. The van der Waals surface area contributed by atoms with Gasteiger partial charge in [-0.2, -0.15) is 0 Å². The van der Waals surface area contributed by atoms with Crippen LogP contribution in [0.1, 0.15) is 30.8 Å². The summed E-state index contributed by atoms with van der Waals surface area (Å²) in [6.45, 7) is 2.76. The number of benzene rings is 2.